The van der Waals surface area contributed by atoms with Crippen molar-refractivity contribution in [2.75, 3.05) is 17.8 Å². The second kappa shape index (κ2) is 5.61. The number of nitrogens with one attached hydrogen (secondary N) is 1. The Kier molecular flexibility index (Phi) is 4.35. The van der Waals surface area contributed by atoms with E-state index in [1.807, 2.05) is 0 Å². The Labute approximate surface area is 126 Å². The normalized spacial score (nSPS) is 22.0. The summed E-state index contributed by atoms with van der Waals surface area (Å²) in [5, 5.41) is 3.23. The van der Waals surface area contributed by atoms with Gasteiger partial charge in [-0.05, 0) is 37.0 Å². The quantitative estimate of drug-likeness (QED) is 0.863. The molecule has 0 aromatic heterocycles. The largest absolute Gasteiger partial charge is 0.381 e. The average Bonchev–Trinajstić information content (AvgIpc) is 3.05. The number of benzene rings is 1. The van der Waals surface area contributed by atoms with Crippen LogP contribution in [0.5, 0.6) is 0 Å². The van der Waals surface area contributed by atoms with Crippen LogP contribution in [0.25, 0.3) is 0 Å². The van der Waals surface area contributed by atoms with E-state index in [9.17, 15) is 16.8 Å². The van der Waals surface area contributed by atoms with Gasteiger partial charge in [0.2, 0.25) is 0 Å². The summed E-state index contributed by atoms with van der Waals surface area (Å²) in [5.74, 6) is 0.581. The lowest BCUT2D eigenvalue weighted by Gasteiger charge is -2.12. The zero-order chi connectivity index (χ0) is 15.8. The molecule has 7 heteroatoms. The fourth-order valence-electron chi connectivity index (χ4n) is 2.47. The second-order valence-corrected chi connectivity index (χ2v) is 9.74. The van der Waals surface area contributed by atoms with Crippen LogP contribution in [0.3, 0.4) is 0 Å². The Bertz CT molecular complexity index is 738. The van der Waals surface area contributed by atoms with E-state index in [-0.39, 0.29) is 15.8 Å². The molecule has 21 heavy (non-hydrogen) atoms. The smallest absolute Gasteiger partial charge is 0.177 e. The van der Waals surface area contributed by atoms with Gasteiger partial charge in [-0.3, -0.25) is 0 Å². The first kappa shape index (κ1) is 16.3. The molecule has 0 spiro atoms. The van der Waals surface area contributed by atoms with Crippen molar-refractivity contribution in [2.24, 2.45) is 5.92 Å². The van der Waals surface area contributed by atoms with Gasteiger partial charge in [0.15, 0.2) is 19.7 Å². The van der Waals surface area contributed by atoms with Gasteiger partial charge in [-0.2, -0.15) is 0 Å². The molecule has 2 rings (SSSR count). The summed E-state index contributed by atoms with van der Waals surface area (Å²) in [6, 6.07) is 4.52. The average molecular weight is 331 g/mol. The number of sulfone groups is 2. The van der Waals surface area contributed by atoms with E-state index in [0.29, 0.717) is 11.6 Å². The summed E-state index contributed by atoms with van der Waals surface area (Å²) in [6.45, 7) is 2.12. The summed E-state index contributed by atoms with van der Waals surface area (Å²) >= 11 is 0. The molecule has 1 saturated carbocycles. The predicted molar refractivity (Wildman–Crippen MR) is 83.1 cm³/mol. The van der Waals surface area contributed by atoms with Gasteiger partial charge in [-0.1, -0.05) is 13.3 Å². The molecule has 0 bridgehead atoms. The third-order valence-corrected chi connectivity index (χ3v) is 5.95. The standard InChI is InChI=1S/C14H21NO4S2/c1-4-5-10-8-13(10)15-12-7-6-11(20(2,16)17)9-14(12)21(3,18)19/h6-7,9-10,13,15H,4-5,8H2,1-3H3. The predicted octanol–water partition coefficient (Wildman–Crippen LogP) is 2.09. The van der Waals surface area contributed by atoms with Crippen molar-refractivity contribution in [1.82, 2.24) is 0 Å². The number of hydrogen-bond donors (Lipinski definition) is 1. The van der Waals surface area contributed by atoms with Crippen molar-refractivity contribution in [2.45, 2.75) is 42.0 Å². The molecule has 0 radical (unpaired) electrons. The van der Waals surface area contributed by atoms with E-state index >= 15 is 0 Å². The summed E-state index contributed by atoms with van der Waals surface area (Å²) in [6.07, 6.45) is 5.42. The van der Waals surface area contributed by atoms with E-state index in [1.165, 1.54) is 12.1 Å². The molecule has 0 saturated heterocycles. The van der Waals surface area contributed by atoms with Gasteiger partial charge in [0.1, 0.15) is 0 Å². The topological polar surface area (TPSA) is 80.3 Å². The second-order valence-electron chi connectivity index (χ2n) is 5.74. The Balaban J connectivity index is 2.34. The fourth-order valence-corrected chi connectivity index (χ4v) is 4.06. The van der Waals surface area contributed by atoms with E-state index in [1.54, 1.807) is 6.07 Å². The van der Waals surface area contributed by atoms with Crippen molar-refractivity contribution in [1.29, 1.82) is 0 Å². The van der Waals surface area contributed by atoms with Gasteiger partial charge >= 0.3 is 0 Å². The van der Waals surface area contributed by atoms with E-state index < -0.39 is 19.7 Å². The first-order valence-electron chi connectivity index (χ1n) is 6.93. The van der Waals surface area contributed by atoms with Crippen LogP contribution in [0.2, 0.25) is 0 Å². The van der Waals surface area contributed by atoms with Crippen molar-refractivity contribution >= 4 is 25.4 Å². The van der Waals surface area contributed by atoms with Crippen LogP contribution >= 0.6 is 0 Å². The molecular weight excluding hydrogens is 310 g/mol. The SMILES string of the molecule is CCCC1CC1Nc1ccc(S(C)(=O)=O)cc1S(C)(=O)=O. The van der Waals surface area contributed by atoms with Crippen LogP contribution in [0, 0.1) is 5.92 Å². The van der Waals surface area contributed by atoms with Crippen LogP contribution in [0.4, 0.5) is 5.69 Å². The maximum absolute atomic E-state index is 11.9. The Morgan fingerprint density at radius 1 is 1.14 bits per heavy atom. The Morgan fingerprint density at radius 2 is 1.81 bits per heavy atom. The summed E-state index contributed by atoms with van der Waals surface area (Å²) in [7, 11) is -6.92. The minimum Gasteiger partial charge on any atom is -0.381 e. The molecule has 0 amide bonds. The third-order valence-electron chi connectivity index (χ3n) is 3.70. The highest BCUT2D eigenvalue weighted by molar-refractivity contribution is 7.91. The molecule has 1 N–H and O–H groups in total. The highest BCUT2D eigenvalue weighted by Crippen LogP contribution is 2.38. The van der Waals surface area contributed by atoms with Gasteiger partial charge in [0.05, 0.1) is 15.5 Å². The van der Waals surface area contributed by atoms with Crippen LogP contribution < -0.4 is 5.32 Å². The maximum Gasteiger partial charge on any atom is 0.177 e. The van der Waals surface area contributed by atoms with Gasteiger partial charge < -0.3 is 5.32 Å². The van der Waals surface area contributed by atoms with Crippen molar-refractivity contribution < 1.29 is 16.8 Å². The molecule has 118 valence electrons. The number of hydrogen-bond acceptors (Lipinski definition) is 5. The van der Waals surface area contributed by atoms with E-state index in [0.717, 1.165) is 31.8 Å². The molecule has 1 fully saturated rings. The molecule has 1 aromatic rings. The lowest BCUT2D eigenvalue weighted by molar-refractivity contribution is 0.600. The lowest BCUT2D eigenvalue weighted by Crippen LogP contribution is -2.11. The molecule has 1 aliphatic rings. The minimum absolute atomic E-state index is 0.0226. The van der Waals surface area contributed by atoms with Gasteiger partial charge in [-0.15, -0.1) is 0 Å². The maximum atomic E-state index is 11.9. The summed E-state index contributed by atoms with van der Waals surface area (Å²) in [5.41, 5.74) is 0.494. The number of anilines is 1. The van der Waals surface area contributed by atoms with Crippen LogP contribution in [-0.4, -0.2) is 35.4 Å². The van der Waals surface area contributed by atoms with Crippen molar-refractivity contribution in [3.05, 3.63) is 18.2 Å². The van der Waals surface area contributed by atoms with E-state index in [4.69, 9.17) is 0 Å². The lowest BCUT2D eigenvalue weighted by atomic mass is 10.2. The molecule has 1 aliphatic carbocycles. The zero-order valence-corrected chi connectivity index (χ0v) is 14.1. The summed E-state index contributed by atoms with van der Waals surface area (Å²) < 4.78 is 47.0. The first-order chi connectivity index (χ1) is 9.63. The first-order valence-corrected chi connectivity index (χ1v) is 10.7. The molecular formula is C14H21NO4S2. The van der Waals surface area contributed by atoms with Crippen molar-refractivity contribution in [3.8, 4) is 0 Å². The van der Waals surface area contributed by atoms with Gasteiger partial charge in [-0.25, -0.2) is 16.8 Å². The van der Waals surface area contributed by atoms with Crippen LogP contribution in [0.1, 0.15) is 26.2 Å². The Morgan fingerprint density at radius 3 is 2.33 bits per heavy atom. The molecule has 2 unspecified atom stereocenters. The molecule has 1 aromatic carbocycles. The molecule has 2 atom stereocenters. The zero-order valence-electron chi connectivity index (χ0n) is 12.5. The Hall–Kier alpha value is -1.08. The highest BCUT2D eigenvalue weighted by Gasteiger charge is 2.36. The van der Waals surface area contributed by atoms with Gasteiger partial charge in [0.25, 0.3) is 0 Å². The van der Waals surface area contributed by atoms with Crippen LogP contribution in [0.15, 0.2) is 28.0 Å². The van der Waals surface area contributed by atoms with Crippen LogP contribution in [-0.2, 0) is 19.7 Å². The highest BCUT2D eigenvalue weighted by atomic mass is 32.2. The minimum atomic E-state index is -3.49. The van der Waals surface area contributed by atoms with Gasteiger partial charge in [0, 0.05) is 18.6 Å². The number of rotatable bonds is 6. The monoisotopic (exact) mass is 331 g/mol. The third kappa shape index (κ3) is 3.97. The van der Waals surface area contributed by atoms with Crippen molar-refractivity contribution in [3.63, 3.8) is 0 Å². The molecule has 5 nitrogen and oxygen atoms in total. The van der Waals surface area contributed by atoms with E-state index in [2.05, 4.69) is 12.2 Å². The summed E-state index contributed by atoms with van der Waals surface area (Å²) in [4.78, 5) is 0.0713. The fraction of sp³-hybridized carbons (Fsp3) is 0.571. The molecule has 0 heterocycles. The molecule has 0 aliphatic heterocycles.